The van der Waals surface area contributed by atoms with Gasteiger partial charge < -0.3 is 15.3 Å². The van der Waals surface area contributed by atoms with Gasteiger partial charge in [0.05, 0.1) is 5.54 Å². The lowest BCUT2D eigenvalue weighted by Gasteiger charge is -2.42. The molecule has 2 N–H and O–H groups in total. The average molecular weight is 364 g/mol. The maximum Gasteiger partial charge on any atom is 0.405 e. The van der Waals surface area contributed by atoms with E-state index in [0.29, 0.717) is 11.1 Å². The van der Waals surface area contributed by atoms with E-state index in [2.05, 4.69) is 5.32 Å². The van der Waals surface area contributed by atoms with Crippen molar-refractivity contribution in [2.24, 2.45) is 0 Å². The molecular weight excluding hydrogens is 340 g/mol. The van der Waals surface area contributed by atoms with E-state index in [9.17, 15) is 9.59 Å². The fourth-order valence-corrected chi connectivity index (χ4v) is 3.46. The van der Waals surface area contributed by atoms with E-state index in [1.54, 1.807) is 12.1 Å². The first-order valence-corrected chi connectivity index (χ1v) is 9.01. The predicted molar refractivity (Wildman–Crippen MR) is 106 cm³/mol. The van der Waals surface area contributed by atoms with Crippen molar-refractivity contribution in [2.75, 3.05) is 14.1 Å². The highest BCUT2D eigenvalue weighted by atomic mass is 16.4. The second-order valence-corrected chi connectivity index (χ2v) is 7.14. The Morgan fingerprint density at radius 1 is 1.00 bits per heavy atom. The zero-order valence-electron chi connectivity index (χ0n) is 15.6. The van der Waals surface area contributed by atoms with Crippen molar-refractivity contribution in [2.45, 2.75) is 24.8 Å². The van der Waals surface area contributed by atoms with Gasteiger partial charge in [0.15, 0.2) is 5.78 Å². The molecule has 5 heteroatoms. The Bertz CT molecular complexity index is 851. The predicted octanol–water partition coefficient (Wildman–Crippen LogP) is 4.12. The van der Waals surface area contributed by atoms with E-state index < -0.39 is 11.6 Å². The Labute approximate surface area is 159 Å². The van der Waals surface area contributed by atoms with Crippen molar-refractivity contribution in [3.8, 4) is 0 Å². The number of Topliss-reactive ketones (excluding diaryl/α,β-unsaturated/α-hetero) is 1. The van der Waals surface area contributed by atoms with Gasteiger partial charge in [0.25, 0.3) is 0 Å². The minimum atomic E-state index is -1.02. The number of benzene rings is 2. The first-order chi connectivity index (χ1) is 12.9. The standard InChI is InChI=1S/C22H24N2O3/c1-24(2)15-19(16-7-4-3-5-8-16)20(25)17-9-11-18(12-10-17)22(13-6-14-22)23-21(26)27/h3-5,7-12,15,23H,6,13-14H2,1-2H3,(H,26,27)/b19-15+. The molecule has 1 amide bonds. The Kier molecular flexibility index (Phi) is 5.31. The first-order valence-electron chi connectivity index (χ1n) is 9.01. The molecule has 1 aliphatic rings. The highest BCUT2D eigenvalue weighted by molar-refractivity contribution is 6.28. The zero-order chi connectivity index (χ0) is 19.4. The fourth-order valence-electron chi connectivity index (χ4n) is 3.46. The maximum absolute atomic E-state index is 13.1. The molecule has 0 atom stereocenters. The lowest BCUT2D eigenvalue weighted by Crippen LogP contribution is -2.50. The van der Waals surface area contributed by atoms with Gasteiger partial charge in [-0.05, 0) is 30.4 Å². The summed E-state index contributed by atoms with van der Waals surface area (Å²) in [4.78, 5) is 26.1. The Morgan fingerprint density at radius 2 is 1.63 bits per heavy atom. The number of carbonyl (C=O) groups excluding carboxylic acids is 1. The quantitative estimate of drug-likeness (QED) is 0.598. The van der Waals surface area contributed by atoms with Crippen LogP contribution in [0, 0.1) is 0 Å². The molecule has 0 saturated heterocycles. The Balaban J connectivity index is 1.89. The average Bonchev–Trinajstić information content (AvgIpc) is 2.63. The second-order valence-electron chi connectivity index (χ2n) is 7.14. The molecular formula is C22H24N2O3. The summed E-state index contributed by atoms with van der Waals surface area (Å²) in [5.41, 5.74) is 2.46. The molecule has 2 aromatic carbocycles. The van der Waals surface area contributed by atoms with Crippen LogP contribution in [-0.2, 0) is 5.54 Å². The lowest BCUT2D eigenvalue weighted by molar-refractivity contribution is 0.105. The number of carbonyl (C=O) groups is 2. The number of hydrogen-bond acceptors (Lipinski definition) is 3. The highest BCUT2D eigenvalue weighted by Crippen LogP contribution is 2.41. The lowest BCUT2D eigenvalue weighted by atomic mass is 9.71. The van der Waals surface area contributed by atoms with Crippen LogP contribution in [0.2, 0.25) is 0 Å². The molecule has 0 radical (unpaired) electrons. The summed E-state index contributed by atoms with van der Waals surface area (Å²) < 4.78 is 0. The van der Waals surface area contributed by atoms with Gasteiger partial charge >= 0.3 is 6.09 Å². The molecule has 0 unspecified atom stereocenters. The SMILES string of the molecule is CN(C)/C=C(/C(=O)c1ccc(C2(NC(=O)O)CCC2)cc1)c1ccccc1. The van der Waals surface area contributed by atoms with Gasteiger partial charge in [-0.25, -0.2) is 4.79 Å². The van der Waals surface area contributed by atoms with Crippen molar-refractivity contribution in [3.05, 3.63) is 77.5 Å². The minimum Gasteiger partial charge on any atom is -0.465 e. The summed E-state index contributed by atoms with van der Waals surface area (Å²) in [6.45, 7) is 0. The maximum atomic E-state index is 13.1. The fraction of sp³-hybridized carbons (Fsp3) is 0.273. The van der Waals surface area contributed by atoms with E-state index in [1.807, 2.05) is 67.7 Å². The van der Waals surface area contributed by atoms with Crippen LogP contribution in [0.15, 0.2) is 60.8 Å². The molecule has 1 fully saturated rings. The van der Waals surface area contributed by atoms with Gasteiger partial charge in [0.2, 0.25) is 0 Å². The molecule has 1 saturated carbocycles. The van der Waals surface area contributed by atoms with Crippen molar-refractivity contribution in [1.29, 1.82) is 0 Å². The van der Waals surface area contributed by atoms with E-state index in [0.717, 1.165) is 30.4 Å². The topological polar surface area (TPSA) is 69.6 Å². The van der Waals surface area contributed by atoms with Crippen LogP contribution < -0.4 is 5.32 Å². The molecule has 3 rings (SSSR count). The molecule has 0 spiro atoms. The molecule has 0 heterocycles. The van der Waals surface area contributed by atoms with Crippen LogP contribution in [0.3, 0.4) is 0 Å². The number of ketones is 1. The highest BCUT2D eigenvalue weighted by Gasteiger charge is 2.40. The first kappa shape index (κ1) is 18.7. The van der Waals surface area contributed by atoms with Crippen LogP contribution in [0.25, 0.3) is 5.57 Å². The van der Waals surface area contributed by atoms with Crippen LogP contribution in [-0.4, -0.2) is 36.0 Å². The summed E-state index contributed by atoms with van der Waals surface area (Å²) in [7, 11) is 3.77. The van der Waals surface area contributed by atoms with Crippen LogP contribution in [0.1, 0.15) is 40.7 Å². The zero-order valence-corrected chi connectivity index (χ0v) is 15.6. The molecule has 0 aromatic heterocycles. The summed E-state index contributed by atoms with van der Waals surface area (Å²) in [6.07, 6.45) is 3.36. The van der Waals surface area contributed by atoms with Crippen LogP contribution >= 0.6 is 0 Å². The number of nitrogens with one attached hydrogen (secondary N) is 1. The number of carboxylic acid groups (broad SMARTS) is 1. The summed E-state index contributed by atoms with van der Waals surface area (Å²) in [5, 5.41) is 11.8. The third-order valence-corrected chi connectivity index (χ3v) is 4.97. The third kappa shape index (κ3) is 4.03. The van der Waals surface area contributed by atoms with Gasteiger partial charge in [0.1, 0.15) is 0 Å². The van der Waals surface area contributed by atoms with Crippen molar-refractivity contribution in [1.82, 2.24) is 10.2 Å². The van der Waals surface area contributed by atoms with Crippen molar-refractivity contribution in [3.63, 3.8) is 0 Å². The molecule has 2 aromatic rings. The van der Waals surface area contributed by atoms with E-state index in [-0.39, 0.29) is 5.78 Å². The largest absolute Gasteiger partial charge is 0.465 e. The molecule has 140 valence electrons. The van der Waals surface area contributed by atoms with Gasteiger partial charge in [-0.2, -0.15) is 0 Å². The summed E-state index contributed by atoms with van der Waals surface area (Å²) >= 11 is 0. The van der Waals surface area contributed by atoms with Crippen LogP contribution in [0.4, 0.5) is 4.79 Å². The molecule has 27 heavy (non-hydrogen) atoms. The second kappa shape index (κ2) is 7.66. The minimum absolute atomic E-state index is 0.0599. The van der Waals surface area contributed by atoms with Crippen molar-refractivity contribution >= 4 is 17.4 Å². The van der Waals surface area contributed by atoms with Crippen molar-refractivity contribution < 1.29 is 14.7 Å². The van der Waals surface area contributed by atoms with E-state index in [1.165, 1.54) is 0 Å². The number of allylic oxidation sites excluding steroid dienone is 1. The number of amides is 1. The summed E-state index contributed by atoms with van der Waals surface area (Å²) in [6, 6.07) is 16.9. The van der Waals surface area contributed by atoms with Gasteiger partial charge in [0, 0.05) is 31.4 Å². The Hall–Kier alpha value is -3.08. The van der Waals surface area contributed by atoms with Gasteiger partial charge in [-0.1, -0.05) is 54.6 Å². The smallest absolute Gasteiger partial charge is 0.405 e. The number of hydrogen-bond donors (Lipinski definition) is 2. The molecule has 0 bridgehead atoms. The Morgan fingerprint density at radius 3 is 2.11 bits per heavy atom. The molecule has 5 nitrogen and oxygen atoms in total. The summed E-state index contributed by atoms with van der Waals surface area (Å²) in [5.74, 6) is -0.0599. The van der Waals surface area contributed by atoms with Gasteiger partial charge in [-0.15, -0.1) is 0 Å². The van der Waals surface area contributed by atoms with Gasteiger partial charge in [-0.3, -0.25) is 4.79 Å². The normalized spacial score (nSPS) is 15.6. The third-order valence-electron chi connectivity index (χ3n) is 4.97. The van der Waals surface area contributed by atoms with E-state index >= 15 is 0 Å². The number of nitrogens with zero attached hydrogens (tertiary/aromatic N) is 1. The van der Waals surface area contributed by atoms with E-state index in [4.69, 9.17) is 5.11 Å². The monoisotopic (exact) mass is 364 g/mol. The molecule has 1 aliphatic carbocycles. The van der Waals surface area contributed by atoms with Crippen LogP contribution in [0.5, 0.6) is 0 Å². The molecule has 0 aliphatic heterocycles. The number of rotatable bonds is 6.